The van der Waals surface area contributed by atoms with Crippen LogP contribution in [-0.2, 0) is 32.1 Å². The maximum absolute atomic E-state index is 5.75. The first-order valence-corrected chi connectivity index (χ1v) is 6.25. The lowest BCUT2D eigenvalue weighted by molar-refractivity contribution is 0.871. The van der Waals surface area contributed by atoms with E-state index in [2.05, 4.69) is 6.07 Å². The van der Waals surface area contributed by atoms with E-state index >= 15 is 0 Å². The van der Waals surface area contributed by atoms with Gasteiger partial charge in [0.2, 0.25) is 0 Å². The van der Waals surface area contributed by atoms with Crippen LogP contribution in [0.25, 0.3) is 0 Å². The second-order valence-electron chi connectivity index (χ2n) is 4.88. The third-order valence-corrected chi connectivity index (χ3v) is 3.99. The van der Waals surface area contributed by atoms with E-state index in [0.29, 0.717) is 0 Å². The average Bonchev–Trinajstić information content (AvgIpc) is 2.84. The number of hydrogen-bond acceptors (Lipinski definition) is 1. The van der Waals surface area contributed by atoms with Crippen LogP contribution in [0.3, 0.4) is 0 Å². The van der Waals surface area contributed by atoms with Crippen LogP contribution in [0.4, 0.5) is 0 Å². The maximum atomic E-state index is 5.75. The number of aryl methyl sites for hydroxylation is 2. The van der Waals surface area contributed by atoms with Crippen LogP contribution in [-0.4, -0.2) is 6.54 Å². The van der Waals surface area contributed by atoms with E-state index in [1.54, 1.807) is 27.8 Å². The van der Waals surface area contributed by atoms with Gasteiger partial charge in [-0.25, -0.2) is 0 Å². The van der Waals surface area contributed by atoms with Gasteiger partial charge < -0.3 is 5.73 Å². The van der Waals surface area contributed by atoms with Gasteiger partial charge in [-0.15, -0.1) is 0 Å². The summed E-state index contributed by atoms with van der Waals surface area (Å²) in [5.41, 5.74) is 14.0. The average molecular weight is 201 g/mol. The maximum Gasteiger partial charge on any atom is -0.00365 e. The lowest BCUT2D eigenvalue weighted by Gasteiger charge is -2.14. The van der Waals surface area contributed by atoms with Crippen LogP contribution >= 0.6 is 0 Å². The van der Waals surface area contributed by atoms with Crippen LogP contribution in [0.5, 0.6) is 0 Å². The predicted octanol–water partition coefficient (Wildman–Crippen LogP) is 2.17. The van der Waals surface area contributed by atoms with E-state index in [4.69, 9.17) is 5.73 Å². The fourth-order valence-electron chi connectivity index (χ4n) is 3.38. The number of fused-ring (bicyclic) bond motifs is 2. The van der Waals surface area contributed by atoms with Crippen LogP contribution in [0.15, 0.2) is 6.07 Å². The summed E-state index contributed by atoms with van der Waals surface area (Å²) in [7, 11) is 0. The molecule has 0 amide bonds. The van der Waals surface area contributed by atoms with Crippen molar-refractivity contribution in [3.05, 3.63) is 33.9 Å². The molecule has 1 aromatic carbocycles. The third-order valence-electron chi connectivity index (χ3n) is 3.99. The first-order chi connectivity index (χ1) is 7.40. The number of nitrogens with two attached hydrogens (primary N) is 1. The molecule has 0 unspecified atom stereocenters. The zero-order chi connectivity index (χ0) is 10.3. The van der Waals surface area contributed by atoms with Crippen molar-refractivity contribution in [3.63, 3.8) is 0 Å². The highest BCUT2D eigenvalue weighted by atomic mass is 14.5. The van der Waals surface area contributed by atoms with Crippen molar-refractivity contribution in [1.29, 1.82) is 0 Å². The van der Waals surface area contributed by atoms with Crippen molar-refractivity contribution < 1.29 is 0 Å². The molecule has 80 valence electrons. The molecule has 1 aromatic rings. The van der Waals surface area contributed by atoms with Gasteiger partial charge in [-0.1, -0.05) is 6.07 Å². The van der Waals surface area contributed by atoms with E-state index in [1.807, 2.05) is 0 Å². The number of benzene rings is 1. The van der Waals surface area contributed by atoms with Crippen molar-refractivity contribution in [1.82, 2.24) is 0 Å². The summed E-state index contributed by atoms with van der Waals surface area (Å²) >= 11 is 0. The van der Waals surface area contributed by atoms with Gasteiger partial charge in [0.05, 0.1) is 0 Å². The summed E-state index contributed by atoms with van der Waals surface area (Å²) in [5, 5.41) is 0. The van der Waals surface area contributed by atoms with Crippen molar-refractivity contribution >= 4 is 0 Å². The fraction of sp³-hybridized carbons (Fsp3) is 0.571. The molecular weight excluding hydrogens is 182 g/mol. The fourth-order valence-corrected chi connectivity index (χ4v) is 3.38. The molecule has 0 bridgehead atoms. The molecule has 3 rings (SSSR count). The summed E-state index contributed by atoms with van der Waals surface area (Å²) in [6, 6.07) is 2.49. The normalized spacial score (nSPS) is 17.9. The molecule has 1 nitrogen and oxygen atoms in total. The second kappa shape index (κ2) is 3.64. The van der Waals surface area contributed by atoms with Crippen LogP contribution in [0, 0.1) is 0 Å². The lowest BCUT2D eigenvalue weighted by atomic mass is 9.92. The Labute approximate surface area is 91.7 Å². The zero-order valence-electron chi connectivity index (χ0n) is 9.31. The number of rotatable bonds is 2. The molecule has 2 aliphatic carbocycles. The zero-order valence-corrected chi connectivity index (χ0v) is 9.31. The number of hydrogen-bond donors (Lipinski definition) is 1. The first-order valence-electron chi connectivity index (χ1n) is 6.25. The molecule has 0 saturated heterocycles. The molecule has 0 heterocycles. The quantitative estimate of drug-likeness (QED) is 0.779. The highest BCUT2D eigenvalue weighted by Crippen LogP contribution is 2.35. The Hall–Kier alpha value is -0.820. The predicted molar refractivity (Wildman–Crippen MR) is 63.3 cm³/mol. The Morgan fingerprint density at radius 3 is 2.07 bits per heavy atom. The largest absolute Gasteiger partial charge is 0.330 e. The Bertz CT molecular complexity index is 361. The lowest BCUT2D eigenvalue weighted by Crippen LogP contribution is -2.08. The summed E-state index contributed by atoms with van der Waals surface area (Å²) < 4.78 is 0. The van der Waals surface area contributed by atoms with Gasteiger partial charge in [-0.05, 0) is 79.3 Å². The van der Waals surface area contributed by atoms with Crippen molar-refractivity contribution in [2.75, 3.05) is 6.54 Å². The summed E-state index contributed by atoms with van der Waals surface area (Å²) in [4.78, 5) is 0. The topological polar surface area (TPSA) is 26.0 Å². The monoisotopic (exact) mass is 201 g/mol. The van der Waals surface area contributed by atoms with Gasteiger partial charge >= 0.3 is 0 Å². The molecule has 0 radical (unpaired) electrons. The van der Waals surface area contributed by atoms with E-state index in [9.17, 15) is 0 Å². The Kier molecular flexibility index (Phi) is 2.28. The summed E-state index contributed by atoms with van der Waals surface area (Å²) in [6.45, 7) is 0.808. The van der Waals surface area contributed by atoms with Gasteiger partial charge in [0, 0.05) is 0 Å². The molecule has 2 aliphatic rings. The van der Waals surface area contributed by atoms with E-state index in [1.165, 1.54) is 38.5 Å². The molecule has 0 fully saturated rings. The standard InChI is InChI=1S/C14H19N/c15-8-7-14-12-5-1-3-10(12)9-11-4-2-6-13(11)14/h9H,1-8,15H2. The molecule has 0 aromatic heterocycles. The third kappa shape index (κ3) is 1.41. The molecule has 0 atom stereocenters. The van der Waals surface area contributed by atoms with Crippen molar-refractivity contribution in [3.8, 4) is 0 Å². The minimum Gasteiger partial charge on any atom is -0.330 e. The minimum absolute atomic E-state index is 0.808. The minimum atomic E-state index is 0.808. The molecular formula is C14H19N. The van der Waals surface area contributed by atoms with Gasteiger partial charge in [0.1, 0.15) is 0 Å². The summed E-state index contributed by atoms with van der Waals surface area (Å²) in [6.07, 6.45) is 9.04. The molecule has 0 aliphatic heterocycles. The molecule has 0 saturated carbocycles. The molecule has 2 N–H and O–H groups in total. The van der Waals surface area contributed by atoms with Gasteiger partial charge in [0.15, 0.2) is 0 Å². The molecule has 1 heteroatoms. The second-order valence-corrected chi connectivity index (χ2v) is 4.88. The Balaban J connectivity index is 2.16. The summed E-state index contributed by atoms with van der Waals surface area (Å²) in [5.74, 6) is 0. The Morgan fingerprint density at radius 2 is 1.53 bits per heavy atom. The molecule has 0 spiro atoms. The van der Waals surface area contributed by atoms with Crippen LogP contribution < -0.4 is 5.73 Å². The van der Waals surface area contributed by atoms with Gasteiger partial charge in [0.25, 0.3) is 0 Å². The SMILES string of the molecule is NCCc1c2c(cc3c1CCC3)CCC2. The highest BCUT2D eigenvalue weighted by Gasteiger charge is 2.22. The van der Waals surface area contributed by atoms with Crippen LogP contribution in [0.2, 0.25) is 0 Å². The van der Waals surface area contributed by atoms with Crippen LogP contribution in [0.1, 0.15) is 40.7 Å². The van der Waals surface area contributed by atoms with Crippen molar-refractivity contribution in [2.24, 2.45) is 5.73 Å². The first kappa shape index (κ1) is 9.41. The Morgan fingerprint density at radius 1 is 0.933 bits per heavy atom. The van der Waals surface area contributed by atoms with E-state index < -0.39 is 0 Å². The smallest absolute Gasteiger partial charge is 0.00365 e. The van der Waals surface area contributed by atoms with E-state index in [-0.39, 0.29) is 0 Å². The van der Waals surface area contributed by atoms with Gasteiger partial charge in [-0.3, -0.25) is 0 Å². The van der Waals surface area contributed by atoms with E-state index in [0.717, 1.165) is 13.0 Å². The van der Waals surface area contributed by atoms with Gasteiger partial charge in [-0.2, -0.15) is 0 Å². The highest BCUT2D eigenvalue weighted by molar-refractivity contribution is 5.50. The molecule has 15 heavy (non-hydrogen) atoms. The van der Waals surface area contributed by atoms with Crippen molar-refractivity contribution in [2.45, 2.75) is 44.9 Å².